The van der Waals surface area contributed by atoms with E-state index in [1.165, 1.54) is 0 Å². The van der Waals surface area contributed by atoms with Crippen molar-refractivity contribution in [2.24, 2.45) is 0 Å². The number of hydrogen-bond donors (Lipinski definition) is 1. The first-order valence-electron chi connectivity index (χ1n) is 9.60. The summed E-state index contributed by atoms with van der Waals surface area (Å²) >= 11 is 12.7. The fourth-order valence-electron chi connectivity index (χ4n) is 3.87. The van der Waals surface area contributed by atoms with Gasteiger partial charge in [-0.2, -0.15) is 0 Å². The smallest absolute Gasteiger partial charge is 0.253 e. The van der Waals surface area contributed by atoms with E-state index in [1.54, 1.807) is 29.4 Å². The third kappa shape index (κ3) is 3.34. The number of carbonyl (C=O) groups excluding carboxylic acids is 1. The summed E-state index contributed by atoms with van der Waals surface area (Å²) < 4.78 is 3.87. The zero-order chi connectivity index (χ0) is 20.8. The van der Waals surface area contributed by atoms with Gasteiger partial charge in [0.2, 0.25) is 0 Å². The molecule has 0 spiro atoms. The largest absolute Gasteiger partial charge is 0.347 e. The van der Waals surface area contributed by atoms with E-state index in [1.807, 2.05) is 25.1 Å². The molecule has 0 radical (unpaired) electrons. The van der Waals surface area contributed by atoms with Gasteiger partial charge >= 0.3 is 0 Å². The molecule has 9 heteroatoms. The number of nitrogens with one attached hydrogen (secondary N) is 1. The number of imidazole rings is 1. The lowest BCUT2D eigenvalue weighted by molar-refractivity contribution is 0.0928. The lowest BCUT2D eigenvalue weighted by Gasteiger charge is -2.25. The molecule has 3 heterocycles. The molecule has 1 aliphatic heterocycles. The minimum Gasteiger partial charge on any atom is -0.347 e. The average Bonchev–Trinajstić information content (AvgIpc) is 3.37. The highest BCUT2D eigenvalue weighted by atomic mass is 35.5. The van der Waals surface area contributed by atoms with Crippen molar-refractivity contribution in [3.63, 3.8) is 0 Å². The number of benzene rings is 2. The number of aromatic nitrogens is 5. The maximum atomic E-state index is 12.9. The van der Waals surface area contributed by atoms with Crippen molar-refractivity contribution in [1.29, 1.82) is 0 Å². The summed E-state index contributed by atoms with van der Waals surface area (Å²) in [4.78, 5) is 17.6. The number of rotatable bonds is 3. The molecule has 30 heavy (non-hydrogen) atoms. The fraction of sp³-hybridized carbons (Fsp3) is 0.238. The summed E-state index contributed by atoms with van der Waals surface area (Å²) in [5.41, 5.74) is 4.17. The number of nitrogens with zero attached hydrogens (tertiary/aromatic N) is 5. The molecule has 152 valence electrons. The Morgan fingerprint density at radius 2 is 1.93 bits per heavy atom. The van der Waals surface area contributed by atoms with Crippen LogP contribution in [0.15, 0.2) is 43.0 Å². The first-order chi connectivity index (χ1) is 14.5. The van der Waals surface area contributed by atoms with Gasteiger partial charge in [-0.05, 0) is 49.2 Å². The maximum Gasteiger partial charge on any atom is 0.253 e. The standard InChI is InChI=1S/C21H18Cl2N6O/c1-12-6-18-19(8-16(12)22)29-9-13(2-5-20(29)27-18)26-21(30)15-4-3-14(7-17(15)23)28-10-24-25-11-28/h3-4,6-8,10-11,13H,2,5,9H2,1H3,(H,26,30). The lowest BCUT2D eigenvalue weighted by Crippen LogP contribution is -2.41. The Balaban J connectivity index is 1.36. The molecule has 1 unspecified atom stereocenters. The molecule has 1 amide bonds. The molecule has 7 nitrogen and oxygen atoms in total. The van der Waals surface area contributed by atoms with Crippen LogP contribution in [-0.2, 0) is 13.0 Å². The van der Waals surface area contributed by atoms with Gasteiger partial charge in [0.05, 0.1) is 21.6 Å². The highest BCUT2D eigenvalue weighted by Gasteiger charge is 2.24. The SMILES string of the molecule is Cc1cc2nc3n(c2cc1Cl)CC(NC(=O)c1ccc(-n2cnnc2)cc1Cl)CC3. The molecular formula is C21H18Cl2N6O. The van der Waals surface area contributed by atoms with Gasteiger partial charge in [0.25, 0.3) is 5.91 Å². The van der Waals surface area contributed by atoms with E-state index in [0.29, 0.717) is 17.1 Å². The van der Waals surface area contributed by atoms with Crippen LogP contribution in [0, 0.1) is 6.92 Å². The summed E-state index contributed by atoms with van der Waals surface area (Å²) in [5, 5.41) is 11.8. The number of aryl methyl sites for hydroxylation is 2. The molecule has 0 saturated carbocycles. The van der Waals surface area contributed by atoms with Crippen LogP contribution in [0.25, 0.3) is 16.7 Å². The zero-order valence-electron chi connectivity index (χ0n) is 16.1. The van der Waals surface area contributed by atoms with Crippen LogP contribution in [-0.4, -0.2) is 36.3 Å². The van der Waals surface area contributed by atoms with Crippen molar-refractivity contribution >= 4 is 40.1 Å². The minimum atomic E-state index is -0.193. The molecule has 0 saturated heterocycles. The van der Waals surface area contributed by atoms with Crippen molar-refractivity contribution in [3.8, 4) is 5.69 Å². The third-order valence-electron chi connectivity index (χ3n) is 5.48. The van der Waals surface area contributed by atoms with Crippen molar-refractivity contribution in [3.05, 3.63) is 70.0 Å². The van der Waals surface area contributed by atoms with Crippen LogP contribution < -0.4 is 5.32 Å². The number of hydrogen-bond acceptors (Lipinski definition) is 4. The van der Waals surface area contributed by atoms with E-state index in [2.05, 4.69) is 20.1 Å². The van der Waals surface area contributed by atoms with Crippen LogP contribution in [0.2, 0.25) is 10.0 Å². The van der Waals surface area contributed by atoms with E-state index < -0.39 is 0 Å². The van der Waals surface area contributed by atoms with Gasteiger partial charge in [-0.15, -0.1) is 10.2 Å². The number of carbonyl (C=O) groups is 1. The van der Waals surface area contributed by atoms with Crippen LogP contribution in [0.3, 0.4) is 0 Å². The van der Waals surface area contributed by atoms with E-state index >= 15 is 0 Å². The van der Waals surface area contributed by atoms with Gasteiger partial charge in [-0.1, -0.05) is 23.2 Å². The second kappa shape index (κ2) is 7.41. The molecule has 1 N–H and O–H groups in total. The van der Waals surface area contributed by atoms with Crippen LogP contribution in [0.4, 0.5) is 0 Å². The number of halogens is 2. The van der Waals surface area contributed by atoms with E-state index in [0.717, 1.165) is 46.0 Å². The van der Waals surface area contributed by atoms with Gasteiger partial charge in [-0.25, -0.2) is 4.98 Å². The summed E-state index contributed by atoms with van der Waals surface area (Å²) in [5.74, 6) is 0.829. The van der Waals surface area contributed by atoms with Crippen LogP contribution in [0.5, 0.6) is 0 Å². The van der Waals surface area contributed by atoms with E-state index in [9.17, 15) is 4.79 Å². The molecular weight excluding hydrogens is 423 g/mol. The molecule has 1 aliphatic rings. The van der Waals surface area contributed by atoms with Gasteiger partial charge < -0.3 is 9.88 Å². The molecule has 0 fully saturated rings. The topological polar surface area (TPSA) is 77.6 Å². The lowest BCUT2D eigenvalue weighted by atomic mass is 10.1. The van der Waals surface area contributed by atoms with E-state index in [4.69, 9.17) is 28.2 Å². The first-order valence-corrected chi connectivity index (χ1v) is 10.4. The van der Waals surface area contributed by atoms with Gasteiger partial charge in [0.15, 0.2) is 0 Å². The van der Waals surface area contributed by atoms with Crippen molar-refractivity contribution < 1.29 is 4.79 Å². The normalized spacial score (nSPS) is 15.9. The highest BCUT2D eigenvalue weighted by Crippen LogP contribution is 2.28. The summed E-state index contributed by atoms with van der Waals surface area (Å²) in [6.07, 6.45) is 4.76. The Hall–Kier alpha value is -2.90. The maximum absolute atomic E-state index is 12.9. The Morgan fingerprint density at radius 1 is 1.13 bits per heavy atom. The summed E-state index contributed by atoms with van der Waals surface area (Å²) in [6, 6.07) is 9.21. The van der Waals surface area contributed by atoms with Crippen LogP contribution >= 0.6 is 23.2 Å². The van der Waals surface area contributed by atoms with Gasteiger partial charge in [0.1, 0.15) is 18.5 Å². The molecule has 4 aromatic rings. The molecule has 1 atom stereocenters. The molecule has 0 bridgehead atoms. The molecule has 5 rings (SSSR count). The predicted octanol–water partition coefficient (Wildman–Crippen LogP) is 3.98. The van der Waals surface area contributed by atoms with Gasteiger partial charge in [0, 0.05) is 29.7 Å². The number of amides is 1. The molecule has 0 aliphatic carbocycles. The molecule has 2 aromatic heterocycles. The minimum absolute atomic E-state index is 0.0175. The molecule has 2 aromatic carbocycles. The summed E-state index contributed by atoms with van der Waals surface area (Å²) in [7, 11) is 0. The quantitative estimate of drug-likeness (QED) is 0.522. The van der Waals surface area contributed by atoms with Crippen molar-refractivity contribution in [2.45, 2.75) is 32.4 Å². The fourth-order valence-corrected chi connectivity index (χ4v) is 4.29. The number of fused-ring (bicyclic) bond motifs is 3. The Labute approximate surface area is 182 Å². The van der Waals surface area contributed by atoms with Crippen molar-refractivity contribution in [2.75, 3.05) is 0 Å². The average molecular weight is 441 g/mol. The highest BCUT2D eigenvalue weighted by molar-refractivity contribution is 6.34. The van der Waals surface area contributed by atoms with Gasteiger partial charge in [-0.3, -0.25) is 9.36 Å². The monoisotopic (exact) mass is 440 g/mol. The summed E-state index contributed by atoms with van der Waals surface area (Å²) in [6.45, 7) is 2.62. The Bertz CT molecular complexity index is 1260. The van der Waals surface area contributed by atoms with Crippen molar-refractivity contribution in [1.82, 2.24) is 29.6 Å². The predicted molar refractivity (Wildman–Crippen MR) is 115 cm³/mol. The first kappa shape index (κ1) is 19.1. The third-order valence-corrected chi connectivity index (χ3v) is 6.20. The Kier molecular flexibility index (Phi) is 4.72. The second-order valence-electron chi connectivity index (χ2n) is 7.47. The Morgan fingerprint density at radius 3 is 2.70 bits per heavy atom. The second-order valence-corrected chi connectivity index (χ2v) is 8.29. The van der Waals surface area contributed by atoms with Crippen LogP contribution in [0.1, 0.15) is 28.2 Å². The van der Waals surface area contributed by atoms with E-state index in [-0.39, 0.29) is 11.9 Å². The zero-order valence-corrected chi connectivity index (χ0v) is 17.7.